The summed E-state index contributed by atoms with van der Waals surface area (Å²) >= 11 is 0. The van der Waals surface area contributed by atoms with Gasteiger partial charge in [-0.15, -0.1) is 0 Å². The van der Waals surface area contributed by atoms with Crippen molar-refractivity contribution >= 4 is 33.7 Å². The Morgan fingerprint density at radius 2 is 0.500 bits per heavy atom. The first-order valence-electron chi connectivity index (χ1n) is 0. The fourth-order valence-corrected chi connectivity index (χ4v) is 0. The summed E-state index contributed by atoms with van der Waals surface area (Å²) in [6.45, 7) is 0. The Hall–Kier alpha value is 0.948. The molecule has 5 heteroatoms. The molecule has 0 atom stereocenters. The molecule has 0 aliphatic heterocycles. The minimum Gasteiger partial charge on any atom is -0.0776 e. The Balaban J connectivity index is 0. The molecule has 0 bridgehead atoms. The maximum absolute atomic E-state index is 0. The molecule has 12 radical (unpaired) electrons. The second kappa shape index (κ2) is 162. The monoisotopic (exact) mass is 244 g/mol. The van der Waals surface area contributed by atoms with Crippen molar-refractivity contribution in [1.29, 1.82) is 0 Å². The van der Waals surface area contributed by atoms with E-state index in [2.05, 4.69) is 0 Å². The number of rotatable bonds is 0. The van der Waals surface area contributed by atoms with Crippen molar-refractivity contribution in [2.24, 2.45) is 0 Å². The molecular formula is CH4B4W. The van der Waals surface area contributed by atoms with E-state index in [9.17, 15) is 0 Å². The van der Waals surface area contributed by atoms with Crippen LogP contribution in [0.15, 0.2) is 0 Å². The van der Waals surface area contributed by atoms with Gasteiger partial charge in [0, 0.05) is 54.7 Å². The van der Waals surface area contributed by atoms with Gasteiger partial charge in [0.05, 0.1) is 0 Å². The molecule has 0 heterocycles. The van der Waals surface area contributed by atoms with Gasteiger partial charge in [0.2, 0.25) is 0 Å². The van der Waals surface area contributed by atoms with Crippen LogP contribution in [0.3, 0.4) is 0 Å². The van der Waals surface area contributed by atoms with Crippen molar-refractivity contribution in [2.45, 2.75) is 7.43 Å². The van der Waals surface area contributed by atoms with E-state index in [4.69, 9.17) is 0 Å². The standard InChI is InChI=1S/CH4.4B.W/h1H4;;;;;. The molecule has 0 rings (SSSR count). The zero-order valence-electron chi connectivity index (χ0n) is 2.72. The molecule has 0 saturated heterocycles. The Morgan fingerprint density at radius 3 is 0.500 bits per heavy atom. The van der Waals surface area contributed by atoms with Crippen molar-refractivity contribution < 1.29 is 21.1 Å². The zero-order chi connectivity index (χ0) is 0. The third-order valence-corrected chi connectivity index (χ3v) is 0. The smallest absolute Gasteiger partial charge is 0 e. The molecule has 0 unspecified atom stereocenters. The molecule has 0 aliphatic rings. The summed E-state index contributed by atoms with van der Waals surface area (Å²) < 4.78 is 0. The van der Waals surface area contributed by atoms with Crippen LogP contribution in [0.5, 0.6) is 0 Å². The van der Waals surface area contributed by atoms with Gasteiger partial charge < -0.3 is 0 Å². The summed E-state index contributed by atoms with van der Waals surface area (Å²) in [6.07, 6.45) is 0. The van der Waals surface area contributed by atoms with Crippen molar-refractivity contribution in [2.75, 3.05) is 0 Å². The maximum atomic E-state index is 0. The molecule has 0 amide bonds. The van der Waals surface area contributed by atoms with E-state index in [1.807, 2.05) is 0 Å². The fraction of sp³-hybridized carbons (Fsp3) is 1.00. The van der Waals surface area contributed by atoms with Crippen LogP contribution >= 0.6 is 0 Å². The van der Waals surface area contributed by atoms with Crippen molar-refractivity contribution in [1.82, 2.24) is 0 Å². The Kier molecular flexibility index (Phi) is 7390. The predicted octanol–water partition coefficient (Wildman–Crippen LogP) is -0.890. The molecule has 6 heavy (non-hydrogen) atoms. The van der Waals surface area contributed by atoms with Crippen LogP contribution in [0.4, 0.5) is 0 Å². The molecule has 0 nitrogen and oxygen atoms in total. The largest absolute Gasteiger partial charge is 0.0776 e. The van der Waals surface area contributed by atoms with Crippen molar-refractivity contribution in [3.8, 4) is 0 Å². The second-order valence-electron chi connectivity index (χ2n) is 0. The molecule has 0 saturated carbocycles. The number of hydrogen-bond acceptors (Lipinski definition) is 0. The van der Waals surface area contributed by atoms with Gasteiger partial charge in [-0.05, 0) is 0 Å². The van der Waals surface area contributed by atoms with E-state index in [0.29, 0.717) is 0 Å². The van der Waals surface area contributed by atoms with Crippen molar-refractivity contribution in [3.63, 3.8) is 0 Å². The van der Waals surface area contributed by atoms with Gasteiger partial charge in [-0.3, -0.25) is 0 Å². The van der Waals surface area contributed by atoms with Gasteiger partial charge in [0.1, 0.15) is 0 Å². The van der Waals surface area contributed by atoms with Gasteiger partial charge in [-0.2, -0.15) is 0 Å². The van der Waals surface area contributed by atoms with Gasteiger partial charge in [-0.25, -0.2) is 0 Å². The summed E-state index contributed by atoms with van der Waals surface area (Å²) in [5.74, 6) is 0. The zero-order valence-corrected chi connectivity index (χ0v) is 5.65. The molecule has 26 valence electrons. The van der Waals surface area contributed by atoms with Gasteiger partial charge in [0.15, 0.2) is 0 Å². The minimum absolute atomic E-state index is 0. The van der Waals surface area contributed by atoms with Crippen LogP contribution in [0.2, 0.25) is 0 Å². The molecule has 0 aliphatic carbocycles. The van der Waals surface area contributed by atoms with E-state index in [1.54, 1.807) is 0 Å². The number of hydrogen-bond donors (Lipinski definition) is 0. The van der Waals surface area contributed by atoms with E-state index < -0.39 is 0 Å². The molecular weight excluding hydrogens is 239 g/mol. The van der Waals surface area contributed by atoms with E-state index in [0.717, 1.165) is 0 Å². The van der Waals surface area contributed by atoms with Crippen LogP contribution in [-0.4, -0.2) is 33.7 Å². The third kappa shape index (κ3) is 85.8. The van der Waals surface area contributed by atoms with Crippen molar-refractivity contribution in [3.05, 3.63) is 0 Å². The van der Waals surface area contributed by atoms with E-state index >= 15 is 0 Å². The summed E-state index contributed by atoms with van der Waals surface area (Å²) in [4.78, 5) is 0. The molecule has 0 aromatic rings. The van der Waals surface area contributed by atoms with Crippen LogP contribution in [-0.2, 0) is 21.1 Å². The van der Waals surface area contributed by atoms with Crippen LogP contribution in [0.1, 0.15) is 7.43 Å². The van der Waals surface area contributed by atoms with Gasteiger partial charge in [-0.1, -0.05) is 7.43 Å². The fourth-order valence-electron chi connectivity index (χ4n) is 0. The van der Waals surface area contributed by atoms with Gasteiger partial charge >= 0.3 is 0 Å². The normalized spacial score (nSPS) is 0. The quantitative estimate of drug-likeness (QED) is 0.484. The Morgan fingerprint density at radius 1 is 0.500 bits per heavy atom. The topological polar surface area (TPSA) is 0 Å². The summed E-state index contributed by atoms with van der Waals surface area (Å²) in [7, 11) is 0. The molecule has 0 N–H and O–H groups in total. The summed E-state index contributed by atoms with van der Waals surface area (Å²) in [5.41, 5.74) is 0. The maximum Gasteiger partial charge on any atom is 0 e. The van der Waals surface area contributed by atoms with Gasteiger partial charge in [0.25, 0.3) is 0 Å². The first-order valence-corrected chi connectivity index (χ1v) is 0. The predicted molar refractivity (Wildman–Crippen MR) is 29.7 cm³/mol. The van der Waals surface area contributed by atoms with E-state index in [1.165, 1.54) is 0 Å². The minimum atomic E-state index is 0. The average Bonchev–Trinajstić information content (AvgIpc) is 0. The summed E-state index contributed by atoms with van der Waals surface area (Å²) in [6, 6.07) is 0. The molecule has 0 aromatic carbocycles. The van der Waals surface area contributed by atoms with Crippen LogP contribution in [0, 0.1) is 0 Å². The second-order valence-corrected chi connectivity index (χ2v) is 0. The van der Waals surface area contributed by atoms with Crippen LogP contribution in [0.25, 0.3) is 0 Å². The summed E-state index contributed by atoms with van der Waals surface area (Å²) in [5, 5.41) is 0. The SMILES string of the molecule is C.[B].[B].[B].[B].[W]. The first-order chi connectivity index (χ1) is 0. The van der Waals surface area contributed by atoms with E-state index in [-0.39, 0.29) is 62.1 Å². The third-order valence-electron chi connectivity index (χ3n) is 0. The first kappa shape index (κ1) is 273. The Bertz CT molecular complexity index is 7.51. The Labute approximate surface area is 62.4 Å². The molecule has 0 aromatic heterocycles. The molecule has 0 spiro atoms. The average molecular weight is 243 g/mol. The van der Waals surface area contributed by atoms with Crippen LogP contribution < -0.4 is 0 Å². The molecule has 0 fully saturated rings.